The van der Waals surface area contributed by atoms with Crippen LogP contribution in [-0.4, -0.2) is 36.5 Å². The number of hydrogen-bond donors (Lipinski definition) is 2. The summed E-state index contributed by atoms with van der Waals surface area (Å²) in [7, 11) is 2.73. The quantitative estimate of drug-likeness (QED) is 0.273. The lowest BCUT2D eigenvalue weighted by Crippen LogP contribution is -2.41. The number of hydrogen-bond acceptors (Lipinski definition) is 3. The highest BCUT2D eigenvalue weighted by Crippen LogP contribution is 2.62. The fourth-order valence-electron chi connectivity index (χ4n) is 7.26. The second kappa shape index (κ2) is 12.0. The van der Waals surface area contributed by atoms with Gasteiger partial charge in [-0.1, -0.05) is 30.8 Å². The van der Waals surface area contributed by atoms with E-state index in [-0.39, 0.29) is 35.3 Å². The van der Waals surface area contributed by atoms with Crippen molar-refractivity contribution in [1.29, 1.82) is 0 Å². The molecular weight excluding hydrogens is 549 g/mol. The van der Waals surface area contributed by atoms with E-state index in [4.69, 9.17) is 0 Å². The Bertz CT molecular complexity index is 1260. The summed E-state index contributed by atoms with van der Waals surface area (Å²) < 4.78 is 53.8. The highest BCUT2D eigenvalue weighted by Gasteiger charge is 2.59. The molecule has 0 bridgehead atoms. The molecule has 222 valence electrons. The Kier molecular flexibility index (Phi) is 8.82. The van der Waals surface area contributed by atoms with Gasteiger partial charge in [0.2, 0.25) is 5.91 Å². The van der Waals surface area contributed by atoms with E-state index in [1.165, 1.54) is 10.9 Å². The predicted molar refractivity (Wildman–Crippen MR) is 157 cm³/mol. The van der Waals surface area contributed by atoms with Crippen molar-refractivity contribution in [2.75, 3.05) is 19.6 Å². The van der Waals surface area contributed by atoms with Crippen molar-refractivity contribution in [2.24, 2.45) is 17.3 Å². The molecule has 2 aromatic carbocycles. The molecule has 3 aliphatic rings. The highest BCUT2D eigenvalue weighted by atomic mass is 31.0. The number of halogens is 4. The minimum Gasteiger partial charge on any atom is -0.384 e. The highest BCUT2D eigenvalue weighted by molar-refractivity contribution is 7.27. The third-order valence-electron chi connectivity index (χ3n) is 9.56. The summed E-state index contributed by atoms with van der Waals surface area (Å²) in [6, 6.07) is 11.7. The number of carbonyl (C=O) groups is 1. The van der Waals surface area contributed by atoms with Crippen LogP contribution >= 0.6 is 9.24 Å². The van der Waals surface area contributed by atoms with Gasteiger partial charge in [0.1, 0.15) is 5.82 Å². The molecule has 1 saturated heterocycles. The van der Waals surface area contributed by atoms with Crippen molar-refractivity contribution < 1.29 is 22.4 Å². The van der Waals surface area contributed by atoms with E-state index < -0.39 is 17.6 Å². The lowest BCUT2D eigenvalue weighted by atomic mass is 9.76. The standard InChI is InChI=1S/C32H40F4N3OP/c1-3-37-30(40)28-17-29(28)31(20(2)38-19-21-14-24(32(34,35)36)16-25(33)15-21)11-8-26(18-31)39-12-9-23(10-13-39)22-4-6-27(41)7-5-22/h4-7,14-16,23,26,28-29,38H,2-3,8-13,17-19,41H2,1H3,(H,37,40). The first-order chi connectivity index (χ1) is 19.5. The molecule has 1 amide bonds. The van der Waals surface area contributed by atoms with Gasteiger partial charge in [-0.25, -0.2) is 4.39 Å². The Morgan fingerprint density at radius 2 is 1.80 bits per heavy atom. The van der Waals surface area contributed by atoms with Gasteiger partial charge in [-0.2, -0.15) is 13.2 Å². The van der Waals surface area contributed by atoms with Gasteiger partial charge < -0.3 is 15.5 Å². The Morgan fingerprint density at radius 1 is 1.10 bits per heavy atom. The predicted octanol–water partition coefficient (Wildman–Crippen LogP) is 6.14. The molecule has 0 radical (unpaired) electrons. The third kappa shape index (κ3) is 6.64. The van der Waals surface area contributed by atoms with Crippen LogP contribution in [-0.2, 0) is 17.5 Å². The summed E-state index contributed by atoms with van der Waals surface area (Å²) in [6.07, 6.45) is 1.10. The number of alkyl halides is 3. The van der Waals surface area contributed by atoms with Crippen molar-refractivity contribution in [2.45, 2.75) is 70.1 Å². The maximum Gasteiger partial charge on any atom is 0.416 e. The van der Waals surface area contributed by atoms with Gasteiger partial charge in [-0.05, 0) is 105 Å². The molecule has 5 atom stereocenters. The number of likely N-dealkylation sites (tertiary alicyclic amines) is 1. The Balaban J connectivity index is 1.28. The fraction of sp³-hybridized carbons (Fsp3) is 0.531. The van der Waals surface area contributed by atoms with Crippen molar-refractivity contribution in [1.82, 2.24) is 15.5 Å². The summed E-state index contributed by atoms with van der Waals surface area (Å²) in [5, 5.41) is 7.41. The number of carbonyl (C=O) groups excluding carboxylic acids is 1. The van der Waals surface area contributed by atoms with Gasteiger partial charge in [0, 0.05) is 36.2 Å². The second-order valence-electron chi connectivity index (χ2n) is 12.1. The molecule has 1 heterocycles. The molecule has 1 aliphatic heterocycles. The molecular formula is C32H40F4N3OP. The minimum atomic E-state index is -4.62. The van der Waals surface area contributed by atoms with E-state index in [2.05, 4.69) is 55.6 Å². The molecule has 2 saturated carbocycles. The second-order valence-corrected chi connectivity index (χ2v) is 12.7. The van der Waals surface area contributed by atoms with Crippen LogP contribution in [0, 0.1) is 23.1 Å². The number of benzene rings is 2. The van der Waals surface area contributed by atoms with Gasteiger partial charge in [0.25, 0.3) is 0 Å². The van der Waals surface area contributed by atoms with Crippen LogP contribution in [0.25, 0.3) is 0 Å². The van der Waals surface area contributed by atoms with E-state index in [9.17, 15) is 22.4 Å². The van der Waals surface area contributed by atoms with E-state index in [1.807, 2.05) is 6.92 Å². The number of amides is 1. The SMILES string of the molecule is C=C(NCc1cc(F)cc(C(F)(F)F)c1)C1(C2CC2C(=O)NCC)CCC(N2CCC(c3ccc(P)cc3)CC2)C1. The van der Waals surface area contributed by atoms with Gasteiger partial charge in [-0.3, -0.25) is 4.79 Å². The summed E-state index contributed by atoms with van der Waals surface area (Å²) in [6.45, 7) is 8.94. The molecule has 5 unspecified atom stereocenters. The zero-order valence-electron chi connectivity index (χ0n) is 23.6. The van der Waals surface area contributed by atoms with Crippen molar-refractivity contribution in [3.63, 3.8) is 0 Å². The third-order valence-corrected chi connectivity index (χ3v) is 9.94. The number of piperidine rings is 1. The molecule has 9 heteroatoms. The lowest BCUT2D eigenvalue weighted by Gasteiger charge is -2.38. The molecule has 2 aromatic rings. The van der Waals surface area contributed by atoms with Crippen molar-refractivity contribution in [3.8, 4) is 0 Å². The summed E-state index contributed by atoms with van der Waals surface area (Å²) in [5.74, 6) is -0.239. The van der Waals surface area contributed by atoms with Gasteiger partial charge >= 0.3 is 6.18 Å². The molecule has 4 nitrogen and oxygen atoms in total. The Hall–Kier alpha value is -2.44. The largest absolute Gasteiger partial charge is 0.416 e. The average Bonchev–Trinajstić information content (AvgIpc) is 3.63. The Morgan fingerprint density at radius 3 is 2.46 bits per heavy atom. The Labute approximate surface area is 242 Å². The number of nitrogens with zero attached hydrogens (tertiary/aromatic N) is 1. The molecule has 2 aliphatic carbocycles. The minimum absolute atomic E-state index is 0.0467. The van der Waals surface area contributed by atoms with E-state index >= 15 is 0 Å². The summed E-state index contributed by atoms with van der Waals surface area (Å²) in [5.41, 5.74) is 1.04. The molecule has 2 N–H and O–H groups in total. The van der Waals surface area contributed by atoms with Crippen LogP contribution in [0.4, 0.5) is 17.6 Å². The summed E-state index contributed by atoms with van der Waals surface area (Å²) >= 11 is 0. The van der Waals surface area contributed by atoms with Gasteiger partial charge in [0.15, 0.2) is 0 Å². The van der Waals surface area contributed by atoms with Crippen LogP contribution < -0.4 is 15.9 Å². The average molecular weight is 590 g/mol. The first-order valence-corrected chi connectivity index (χ1v) is 15.2. The van der Waals surface area contributed by atoms with Crippen molar-refractivity contribution in [3.05, 3.63) is 77.2 Å². The summed E-state index contributed by atoms with van der Waals surface area (Å²) in [4.78, 5) is 15.3. The van der Waals surface area contributed by atoms with E-state index in [0.717, 1.165) is 69.4 Å². The monoisotopic (exact) mass is 589 g/mol. The van der Waals surface area contributed by atoms with Crippen molar-refractivity contribution >= 4 is 20.5 Å². The molecule has 3 fully saturated rings. The number of rotatable bonds is 9. The van der Waals surface area contributed by atoms with Crippen LogP contribution in [0.2, 0.25) is 0 Å². The topological polar surface area (TPSA) is 44.4 Å². The molecule has 41 heavy (non-hydrogen) atoms. The molecule has 5 rings (SSSR count). The first-order valence-electron chi connectivity index (χ1n) is 14.7. The fourth-order valence-corrected chi connectivity index (χ4v) is 7.46. The lowest BCUT2D eigenvalue weighted by molar-refractivity contribution is -0.137. The number of allylic oxidation sites excluding steroid dienone is 1. The van der Waals surface area contributed by atoms with Crippen LogP contribution in [0.1, 0.15) is 68.1 Å². The van der Waals surface area contributed by atoms with Crippen LogP contribution in [0.3, 0.4) is 0 Å². The number of nitrogens with one attached hydrogen (secondary N) is 2. The maximum atomic E-state index is 14.0. The normalized spacial score (nSPS) is 27.0. The van der Waals surface area contributed by atoms with Crippen LogP contribution in [0.5, 0.6) is 0 Å². The molecule has 0 aromatic heterocycles. The van der Waals surface area contributed by atoms with E-state index in [0.29, 0.717) is 24.6 Å². The molecule has 0 spiro atoms. The zero-order valence-corrected chi connectivity index (χ0v) is 24.7. The van der Waals surface area contributed by atoms with E-state index in [1.54, 1.807) is 0 Å². The van der Waals surface area contributed by atoms with Gasteiger partial charge in [-0.15, -0.1) is 9.24 Å². The first kappa shape index (κ1) is 30.0. The van der Waals surface area contributed by atoms with Crippen LogP contribution in [0.15, 0.2) is 54.7 Å². The van der Waals surface area contributed by atoms with Gasteiger partial charge in [0.05, 0.1) is 5.56 Å². The smallest absolute Gasteiger partial charge is 0.384 e. The zero-order chi connectivity index (χ0) is 29.4. The maximum absolute atomic E-state index is 14.0.